The van der Waals surface area contributed by atoms with Gasteiger partial charge in [0.15, 0.2) is 0 Å². The number of methoxy groups -OCH3 is 1. The van der Waals surface area contributed by atoms with Gasteiger partial charge in [0.25, 0.3) is 0 Å². The number of thiophene rings is 1. The van der Waals surface area contributed by atoms with Crippen LogP contribution in [0.5, 0.6) is 0 Å². The first kappa shape index (κ1) is 14.1. The molecule has 2 N–H and O–H groups in total. The van der Waals surface area contributed by atoms with Crippen molar-refractivity contribution in [2.45, 2.75) is 25.5 Å². The summed E-state index contributed by atoms with van der Waals surface area (Å²) in [5, 5.41) is 12.8. The second kappa shape index (κ2) is 7.40. The standard InChI is InChI=1S/C11H18BrNO2S/c1-8(10-3-4-11(12)16-10)13-6-5-9(14)7-15-2/h3-4,8-9,13-14H,5-7H2,1-2H3. The van der Waals surface area contributed by atoms with Gasteiger partial charge in [-0.1, -0.05) is 0 Å². The van der Waals surface area contributed by atoms with Crippen LogP contribution >= 0.6 is 27.3 Å². The van der Waals surface area contributed by atoms with E-state index < -0.39 is 0 Å². The maximum Gasteiger partial charge on any atom is 0.0785 e. The van der Waals surface area contributed by atoms with Crippen molar-refractivity contribution in [2.75, 3.05) is 20.3 Å². The molecule has 2 unspecified atom stereocenters. The Balaban J connectivity index is 2.22. The Hall–Kier alpha value is 0.0600. The van der Waals surface area contributed by atoms with Crippen LogP contribution in [0, 0.1) is 0 Å². The minimum absolute atomic E-state index is 0.325. The fourth-order valence-electron chi connectivity index (χ4n) is 1.40. The number of nitrogens with one attached hydrogen (secondary N) is 1. The number of aliphatic hydroxyl groups excluding tert-OH is 1. The normalized spacial score (nSPS) is 15.0. The Morgan fingerprint density at radius 1 is 1.56 bits per heavy atom. The van der Waals surface area contributed by atoms with Crippen LogP contribution in [-0.2, 0) is 4.74 Å². The highest BCUT2D eigenvalue weighted by atomic mass is 79.9. The van der Waals surface area contributed by atoms with E-state index in [1.807, 2.05) is 0 Å². The van der Waals surface area contributed by atoms with Crippen LogP contribution in [0.1, 0.15) is 24.3 Å². The second-order valence-electron chi connectivity index (χ2n) is 3.72. The first-order valence-electron chi connectivity index (χ1n) is 5.29. The van der Waals surface area contributed by atoms with E-state index >= 15 is 0 Å². The maximum atomic E-state index is 9.47. The van der Waals surface area contributed by atoms with Crippen LogP contribution in [-0.4, -0.2) is 31.5 Å². The smallest absolute Gasteiger partial charge is 0.0785 e. The highest BCUT2D eigenvalue weighted by molar-refractivity contribution is 9.11. The van der Waals surface area contributed by atoms with Gasteiger partial charge in [0, 0.05) is 18.0 Å². The zero-order valence-electron chi connectivity index (χ0n) is 9.57. The van der Waals surface area contributed by atoms with Crippen molar-refractivity contribution in [2.24, 2.45) is 0 Å². The number of aliphatic hydroxyl groups is 1. The minimum atomic E-state index is -0.375. The van der Waals surface area contributed by atoms with Gasteiger partial charge in [-0.2, -0.15) is 0 Å². The van der Waals surface area contributed by atoms with Crippen molar-refractivity contribution < 1.29 is 9.84 Å². The summed E-state index contributed by atoms with van der Waals surface area (Å²) in [7, 11) is 1.60. The van der Waals surface area contributed by atoms with Crippen LogP contribution in [0.4, 0.5) is 0 Å². The molecular weight excluding hydrogens is 290 g/mol. The molecule has 0 bridgehead atoms. The lowest BCUT2D eigenvalue weighted by Crippen LogP contribution is -2.25. The number of rotatable bonds is 7. The third-order valence-corrected chi connectivity index (χ3v) is 4.11. The lowest BCUT2D eigenvalue weighted by molar-refractivity contribution is 0.0591. The topological polar surface area (TPSA) is 41.5 Å². The van der Waals surface area contributed by atoms with Gasteiger partial charge in [-0.3, -0.25) is 0 Å². The van der Waals surface area contributed by atoms with E-state index in [1.165, 1.54) is 4.88 Å². The third-order valence-electron chi connectivity index (χ3n) is 2.31. The van der Waals surface area contributed by atoms with Crippen molar-refractivity contribution in [1.29, 1.82) is 0 Å². The zero-order valence-corrected chi connectivity index (χ0v) is 12.0. The predicted octanol–water partition coefficient (Wildman–Crippen LogP) is 2.56. The summed E-state index contributed by atoms with van der Waals surface area (Å²) in [5.74, 6) is 0. The van der Waals surface area contributed by atoms with Gasteiger partial charge < -0.3 is 15.2 Å². The highest BCUT2D eigenvalue weighted by Gasteiger charge is 2.08. The van der Waals surface area contributed by atoms with Gasteiger partial charge in [-0.25, -0.2) is 0 Å². The maximum absolute atomic E-state index is 9.47. The highest BCUT2D eigenvalue weighted by Crippen LogP contribution is 2.26. The van der Waals surface area contributed by atoms with Crippen molar-refractivity contribution >= 4 is 27.3 Å². The average Bonchev–Trinajstić information content (AvgIpc) is 2.65. The molecule has 92 valence electrons. The van der Waals surface area contributed by atoms with Gasteiger partial charge in [-0.15, -0.1) is 11.3 Å². The van der Waals surface area contributed by atoms with Crippen LogP contribution in [0.3, 0.4) is 0 Å². The van der Waals surface area contributed by atoms with E-state index in [4.69, 9.17) is 4.74 Å². The molecule has 0 aliphatic carbocycles. The van der Waals surface area contributed by atoms with Crippen LogP contribution in [0.25, 0.3) is 0 Å². The summed E-state index contributed by atoms with van der Waals surface area (Å²) >= 11 is 5.18. The predicted molar refractivity (Wildman–Crippen MR) is 70.9 cm³/mol. The quantitative estimate of drug-likeness (QED) is 0.813. The van der Waals surface area contributed by atoms with Crippen molar-refractivity contribution in [3.63, 3.8) is 0 Å². The van der Waals surface area contributed by atoms with Crippen molar-refractivity contribution in [1.82, 2.24) is 5.32 Å². The molecule has 0 saturated carbocycles. The third kappa shape index (κ3) is 4.93. The molecule has 0 aliphatic rings. The molecule has 1 heterocycles. The first-order chi connectivity index (χ1) is 7.63. The molecule has 0 spiro atoms. The molecule has 1 rings (SSSR count). The lowest BCUT2D eigenvalue weighted by Gasteiger charge is -2.14. The average molecular weight is 308 g/mol. The fourth-order valence-corrected chi connectivity index (χ4v) is 2.85. The van der Waals surface area contributed by atoms with E-state index in [2.05, 4.69) is 40.3 Å². The van der Waals surface area contributed by atoms with E-state index in [0.717, 1.165) is 10.3 Å². The molecule has 16 heavy (non-hydrogen) atoms. The van der Waals surface area contributed by atoms with E-state index in [-0.39, 0.29) is 6.10 Å². The van der Waals surface area contributed by atoms with E-state index in [9.17, 15) is 5.11 Å². The summed E-state index contributed by atoms with van der Waals surface area (Å²) < 4.78 is 6.02. The Morgan fingerprint density at radius 3 is 2.88 bits per heavy atom. The second-order valence-corrected chi connectivity index (χ2v) is 6.21. The van der Waals surface area contributed by atoms with Gasteiger partial charge in [0.05, 0.1) is 16.5 Å². The Kier molecular flexibility index (Phi) is 6.53. The van der Waals surface area contributed by atoms with Gasteiger partial charge >= 0.3 is 0 Å². The largest absolute Gasteiger partial charge is 0.391 e. The Bertz CT molecular complexity index is 306. The molecule has 0 saturated heterocycles. The molecule has 1 aromatic rings. The van der Waals surface area contributed by atoms with Crippen LogP contribution in [0.15, 0.2) is 15.9 Å². The van der Waals surface area contributed by atoms with Gasteiger partial charge in [0.2, 0.25) is 0 Å². The molecule has 0 radical (unpaired) electrons. The Morgan fingerprint density at radius 2 is 2.31 bits per heavy atom. The summed E-state index contributed by atoms with van der Waals surface area (Å²) in [6, 6.07) is 4.49. The van der Waals surface area contributed by atoms with E-state index in [1.54, 1.807) is 18.4 Å². The molecule has 0 aromatic carbocycles. The molecule has 3 nitrogen and oxygen atoms in total. The number of hydrogen-bond donors (Lipinski definition) is 2. The van der Waals surface area contributed by atoms with Crippen molar-refractivity contribution in [3.8, 4) is 0 Å². The molecule has 2 atom stereocenters. The lowest BCUT2D eigenvalue weighted by atomic mass is 10.2. The molecule has 0 aliphatic heterocycles. The van der Waals surface area contributed by atoms with Crippen molar-refractivity contribution in [3.05, 3.63) is 20.8 Å². The molecule has 1 aromatic heterocycles. The number of halogens is 1. The van der Waals surface area contributed by atoms with Crippen LogP contribution < -0.4 is 5.32 Å². The molecular formula is C11H18BrNO2S. The zero-order chi connectivity index (χ0) is 12.0. The van der Waals surface area contributed by atoms with Gasteiger partial charge in [0.1, 0.15) is 0 Å². The number of hydrogen-bond acceptors (Lipinski definition) is 4. The summed E-state index contributed by atoms with van der Waals surface area (Å²) in [5.41, 5.74) is 0. The minimum Gasteiger partial charge on any atom is -0.391 e. The van der Waals surface area contributed by atoms with E-state index in [0.29, 0.717) is 19.1 Å². The number of ether oxygens (including phenoxy) is 1. The molecule has 0 fully saturated rings. The summed E-state index contributed by atoms with van der Waals surface area (Å²) in [6.07, 6.45) is 0.338. The first-order valence-corrected chi connectivity index (χ1v) is 6.90. The molecule has 5 heteroatoms. The van der Waals surface area contributed by atoms with Gasteiger partial charge in [-0.05, 0) is 48.0 Å². The SMILES string of the molecule is COCC(O)CCNC(C)c1ccc(Br)s1. The Labute approximate surface area is 109 Å². The van der Waals surface area contributed by atoms with Crippen LogP contribution in [0.2, 0.25) is 0 Å². The summed E-state index contributed by atoms with van der Waals surface area (Å²) in [6.45, 7) is 3.32. The fraction of sp³-hybridized carbons (Fsp3) is 0.636. The monoisotopic (exact) mass is 307 g/mol. The summed E-state index contributed by atoms with van der Waals surface area (Å²) in [4.78, 5) is 1.30. The molecule has 0 amide bonds.